The molecule has 0 unspecified atom stereocenters. The first-order valence-corrected chi connectivity index (χ1v) is 13.5. The molecule has 1 saturated heterocycles. The molecule has 1 aliphatic heterocycles. The molecule has 2 amide bonds. The van der Waals surface area contributed by atoms with Gasteiger partial charge in [0.05, 0.1) is 18.0 Å². The van der Waals surface area contributed by atoms with Gasteiger partial charge in [-0.2, -0.15) is 18.3 Å². The number of benzene rings is 1. The van der Waals surface area contributed by atoms with E-state index in [1.807, 2.05) is 0 Å². The summed E-state index contributed by atoms with van der Waals surface area (Å²) >= 11 is 0. The van der Waals surface area contributed by atoms with Gasteiger partial charge in [0.25, 0.3) is 12.3 Å². The summed E-state index contributed by atoms with van der Waals surface area (Å²) < 4.78 is 94.9. The largest absolute Gasteiger partial charge is 0.416 e. The zero-order valence-corrected chi connectivity index (χ0v) is 23.6. The van der Waals surface area contributed by atoms with Gasteiger partial charge < -0.3 is 9.80 Å². The Balaban J connectivity index is 1.48. The van der Waals surface area contributed by atoms with Crippen molar-refractivity contribution < 1.29 is 40.3 Å². The average molecular weight is 639 g/mol. The Morgan fingerprint density at radius 2 is 1.80 bits per heavy atom. The third kappa shape index (κ3) is 6.37. The number of piperidine rings is 1. The fraction of sp³-hybridized carbons (Fsp3) is 0.357. The molecule has 1 aliphatic rings. The number of pyridine rings is 1. The van der Waals surface area contributed by atoms with Crippen LogP contribution in [0.15, 0.2) is 48.9 Å². The quantitative estimate of drug-likeness (QED) is 0.197. The highest BCUT2D eigenvalue weighted by atomic mass is 19.4. The standard InChI is InChI=1S/C28H25F7N8O2/c1-40(23-11-18(4-7-36-23)28(33,34)35)26(45)27(42(16-44)14-17-2-3-19(29)20(30)10-17)5-8-41(9-6-27)24-13-37-21-12-38-43(15-22(31)32)25(21)39-24/h2-4,7,10-13,16,22H,5-6,8-9,14-15H2,1H3. The first-order valence-electron chi connectivity index (χ1n) is 13.5. The van der Waals surface area contributed by atoms with Crippen molar-refractivity contribution in [3.8, 4) is 0 Å². The lowest BCUT2D eigenvalue weighted by molar-refractivity contribution is -0.141. The minimum atomic E-state index is -4.71. The Hall–Kier alpha value is -4.83. The number of halogens is 7. The summed E-state index contributed by atoms with van der Waals surface area (Å²) in [6.45, 7) is -0.885. The Kier molecular flexibility index (Phi) is 8.62. The minimum absolute atomic E-state index is 0.0703. The number of hydrogen-bond acceptors (Lipinski definition) is 7. The van der Waals surface area contributed by atoms with Gasteiger partial charge in [-0.05, 0) is 42.7 Å². The molecule has 0 spiro atoms. The number of aromatic nitrogens is 5. The number of carbonyl (C=O) groups excluding carboxylic acids is 2. The van der Waals surface area contributed by atoms with Crippen molar-refractivity contribution in [2.45, 2.75) is 44.1 Å². The van der Waals surface area contributed by atoms with Gasteiger partial charge in [-0.25, -0.2) is 37.2 Å². The van der Waals surface area contributed by atoms with Crippen LogP contribution >= 0.6 is 0 Å². The van der Waals surface area contributed by atoms with Crippen LogP contribution in [0.3, 0.4) is 0 Å². The molecule has 0 N–H and O–H groups in total. The molecule has 4 aromatic rings. The van der Waals surface area contributed by atoms with Gasteiger partial charge in [-0.15, -0.1) is 0 Å². The zero-order chi connectivity index (χ0) is 32.5. The lowest BCUT2D eigenvalue weighted by Crippen LogP contribution is -2.63. The van der Waals surface area contributed by atoms with Crippen LogP contribution < -0.4 is 9.80 Å². The van der Waals surface area contributed by atoms with Crippen molar-refractivity contribution in [2.24, 2.45) is 0 Å². The summed E-state index contributed by atoms with van der Waals surface area (Å²) in [6, 6.07) is 4.45. The first kappa shape index (κ1) is 31.6. The molecular formula is C28H25F7N8O2. The molecular weight excluding hydrogens is 613 g/mol. The van der Waals surface area contributed by atoms with Crippen LogP contribution in [0.1, 0.15) is 24.0 Å². The highest BCUT2D eigenvalue weighted by molar-refractivity contribution is 6.00. The van der Waals surface area contributed by atoms with Gasteiger partial charge in [-0.1, -0.05) is 6.07 Å². The fourth-order valence-corrected chi connectivity index (χ4v) is 5.30. The minimum Gasteiger partial charge on any atom is -0.355 e. The third-order valence-electron chi connectivity index (χ3n) is 7.69. The van der Waals surface area contributed by atoms with E-state index < -0.39 is 47.8 Å². The molecule has 4 heterocycles. The van der Waals surface area contributed by atoms with E-state index >= 15 is 0 Å². The van der Waals surface area contributed by atoms with Crippen molar-refractivity contribution in [3.05, 3.63) is 71.7 Å². The number of nitrogens with zero attached hydrogens (tertiary/aromatic N) is 8. The van der Waals surface area contributed by atoms with Crippen molar-refractivity contribution in [1.82, 2.24) is 29.6 Å². The molecule has 17 heteroatoms. The van der Waals surface area contributed by atoms with Crippen LogP contribution in [0.25, 0.3) is 11.2 Å². The number of rotatable bonds is 9. The van der Waals surface area contributed by atoms with Crippen LogP contribution in [-0.2, 0) is 28.9 Å². The van der Waals surface area contributed by atoms with E-state index in [1.165, 1.54) is 25.5 Å². The predicted molar refractivity (Wildman–Crippen MR) is 146 cm³/mol. The van der Waals surface area contributed by atoms with E-state index in [9.17, 15) is 40.3 Å². The SMILES string of the molecule is CN(C(=O)C1(N(C=O)Cc2ccc(F)c(F)c2)CCN(c2cnc3cnn(CC(F)F)c3n2)CC1)c1cc(C(F)(F)F)ccn1. The summed E-state index contributed by atoms with van der Waals surface area (Å²) in [6.07, 6.45) is -3.57. The topological polar surface area (TPSA) is 100 Å². The second kappa shape index (κ2) is 12.3. The number of likely N-dealkylation sites (N-methyl/N-ethyl adjacent to an activating group) is 1. The Bertz CT molecular complexity index is 1710. The van der Waals surface area contributed by atoms with Crippen LogP contribution in [0.5, 0.6) is 0 Å². The van der Waals surface area contributed by atoms with E-state index in [4.69, 9.17) is 0 Å². The smallest absolute Gasteiger partial charge is 0.355 e. The maximum atomic E-state index is 14.2. The second-order valence-corrected chi connectivity index (χ2v) is 10.4. The zero-order valence-electron chi connectivity index (χ0n) is 23.6. The first-order chi connectivity index (χ1) is 21.3. The maximum absolute atomic E-state index is 14.2. The van der Waals surface area contributed by atoms with Crippen LogP contribution in [0.4, 0.5) is 42.4 Å². The van der Waals surface area contributed by atoms with Gasteiger partial charge in [0.2, 0.25) is 6.41 Å². The molecule has 0 aliphatic carbocycles. The van der Waals surface area contributed by atoms with Crippen molar-refractivity contribution in [3.63, 3.8) is 0 Å². The number of carbonyl (C=O) groups is 2. The Morgan fingerprint density at radius 1 is 1.07 bits per heavy atom. The molecule has 10 nitrogen and oxygen atoms in total. The molecule has 5 rings (SSSR count). The molecule has 0 bridgehead atoms. The van der Waals surface area contributed by atoms with Crippen molar-refractivity contribution in [2.75, 3.05) is 29.9 Å². The van der Waals surface area contributed by atoms with Crippen LogP contribution in [0.2, 0.25) is 0 Å². The molecule has 0 radical (unpaired) electrons. The summed E-state index contributed by atoms with van der Waals surface area (Å²) in [5, 5.41) is 3.89. The molecule has 1 fully saturated rings. The average Bonchev–Trinajstić information content (AvgIpc) is 3.41. The third-order valence-corrected chi connectivity index (χ3v) is 7.69. The van der Waals surface area contributed by atoms with Crippen LogP contribution in [-0.4, -0.2) is 74.1 Å². The van der Waals surface area contributed by atoms with Gasteiger partial charge in [0.1, 0.15) is 29.2 Å². The number of amides is 2. The highest BCUT2D eigenvalue weighted by Gasteiger charge is 2.48. The Morgan fingerprint density at radius 3 is 2.44 bits per heavy atom. The van der Waals surface area contributed by atoms with Crippen molar-refractivity contribution in [1.29, 1.82) is 0 Å². The second-order valence-electron chi connectivity index (χ2n) is 10.4. The maximum Gasteiger partial charge on any atom is 0.416 e. The van der Waals surface area contributed by atoms with Gasteiger partial charge in [-0.3, -0.25) is 14.5 Å². The van der Waals surface area contributed by atoms with E-state index in [0.29, 0.717) is 12.5 Å². The van der Waals surface area contributed by atoms with Gasteiger partial charge >= 0.3 is 6.18 Å². The lowest BCUT2D eigenvalue weighted by atomic mass is 9.83. The summed E-state index contributed by atoms with van der Waals surface area (Å²) in [4.78, 5) is 43.0. The summed E-state index contributed by atoms with van der Waals surface area (Å²) in [5.41, 5.74) is -2.13. The summed E-state index contributed by atoms with van der Waals surface area (Å²) in [7, 11) is 1.23. The number of alkyl halides is 5. The van der Waals surface area contributed by atoms with Gasteiger partial charge in [0.15, 0.2) is 17.3 Å². The number of anilines is 2. The predicted octanol–water partition coefficient (Wildman–Crippen LogP) is 4.44. The Labute approximate surface area is 251 Å². The summed E-state index contributed by atoms with van der Waals surface area (Å²) in [5.74, 6) is -3.08. The molecule has 238 valence electrons. The van der Waals surface area contributed by atoms with Gasteiger partial charge in [0, 0.05) is 32.9 Å². The molecule has 1 aromatic carbocycles. The number of fused-ring (bicyclic) bond motifs is 1. The normalized spacial score (nSPS) is 15.0. The molecule has 3 aromatic heterocycles. The monoisotopic (exact) mass is 638 g/mol. The number of hydrogen-bond donors (Lipinski definition) is 0. The van der Waals surface area contributed by atoms with Crippen LogP contribution in [0, 0.1) is 11.6 Å². The molecule has 45 heavy (non-hydrogen) atoms. The van der Waals surface area contributed by atoms with E-state index in [1.54, 1.807) is 4.90 Å². The molecule has 0 saturated carbocycles. The van der Waals surface area contributed by atoms with E-state index in [2.05, 4.69) is 20.1 Å². The fourth-order valence-electron chi connectivity index (χ4n) is 5.30. The van der Waals surface area contributed by atoms with E-state index in [0.717, 1.165) is 38.9 Å². The lowest BCUT2D eigenvalue weighted by Gasteiger charge is -2.47. The molecule has 0 atom stereocenters. The highest BCUT2D eigenvalue weighted by Crippen LogP contribution is 2.36. The van der Waals surface area contributed by atoms with E-state index in [-0.39, 0.29) is 60.8 Å². The van der Waals surface area contributed by atoms with Crippen molar-refractivity contribution >= 4 is 35.1 Å².